The second-order valence-corrected chi connectivity index (χ2v) is 9.98. The molecular formula is C23H27N3O4S. The van der Waals surface area contributed by atoms with Crippen LogP contribution in [0.4, 0.5) is 0 Å². The summed E-state index contributed by atoms with van der Waals surface area (Å²) in [5, 5.41) is 3.03. The molecule has 4 rings (SSSR count). The van der Waals surface area contributed by atoms with Crippen LogP contribution in [0.2, 0.25) is 0 Å². The van der Waals surface area contributed by atoms with Crippen molar-refractivity contribution in [1.82, 2.24) is 14.5 Å². The molecule has 0 saturated carbocycles. The molecule has 0 aromatic heterocycles. The highest BCUT2D eigenvalue weighted by Crippen LogP contribution is 2.23. The van der Waals surface area contributed by atoms with Crippen molar-refractivity contribution in [2.75, 3.05) is 26.2 Å². The molecule has 1 N–H and O–H groups in total. The van der Waals surface area contributed by atoms with Gasteiger partial charge >= 0.3 is 0 Å². The van der Waals surface area contributed by atoms with E-state index in [4.69, 9.17) is 0 Å². The summed E-state index contributed by atoms with van der Waals surface area (Å²) >= 11 is 0. The maximum atomic E-state index is 13.0. The van der Waals surface area contributed by atoms with Gasteiger partial charge < -0.3 is 10.2 Å². The smallest absolute Gasteiger partial charge is 0.253 e. The van der Waals surface area contributed by atoms with Crippen molar-refractivity contribution in [3.63, 3.8) is 0 Å². The molecule has 8 heteroatoms. The third-order valence-corrected chi connectivity index (χ3v) is 7.83. The van der Waals surface area contributed by atoms with Crippen LogP contribution in [-0.2, 0) is 10.0 Å². The Hall–Kier alpha value is -2.71. The average Bonchev–Trinajstić information content (AvgIpc) is 3.36. The normalized spacial score (nSPS) is 18.1. The minimum atomic E-state index is -3.56. The quantitative estimate of drug-likeness (QED) is 0.772. The van der Waals surface area contributed by atoms with Crippen molar-refractivity contribution in [2.24, 2.45) is 0 Å². The molecule has 0 radical (unpaired) electrons. The van der Waals surface area contributed by atoms with Crippen molar-refractivity contribution < 1.29 is 18.0 Å². The first kappa shape index (κ1) is 21.5. The van der Waals surface area contributed by atoms with Gasteiger partial charge in [0.2, 0.25) is 10.0 Å². The number of carbonyl (C=O) groups excluding carboxylic acids is 2. The predicted molar refractivity (Wildman–Crippen MR) is 117 cm³/mol. The standard InChI is InChI=1S/C23H27N3O4S/c27-22(18-7-2-1-3-8-18)24-20-11-15-25(16-12-20)23(28)19-9-6-10-21(17-19)31(29,30)26-13-4-5-14-26/h1-3,6-10,17,20H,4-5,11-16H2,(H,24,27). The van der Waals surface area contributed by atoms with Crippen LogP contribution in [0.3, 0.4) is 0 Å². The Balaban J connectivity index is 1.37. The van der Waals surface area contributed by atoms with Crippen LogP contribution in [0.15, 0.2) is 59.5 Å². The number of benzene rings is 2. The fraction of sp³-hybridized carbons (Fsp3) is 0.391. The number of amides is 2. The summed E-state index contributed by atoms with van der Waals surface area (Å²) in [5.41, 5.74) is 1.00. The lowest BCUT2D eigenvalue weighted by molar-refractivity contribution is 0.0698. The Morgan fingerprint density at radius 2 is 1.48 bits per heavy atom. The molecule has 2 heterocycles. The Morgan fingerprint density at radius 1 is 0.839 bits per heavy atom. The number of rotatable bonds is 5. The molecule has 2 saturated heterocycles. The van der Waals surface area contributed by atoms with Gasteiger partial charge in [0.25, 0.3) is 11.8 Å². The van der Waals surface area contributed by atoms with Gasteiger partial charge in [-0.15, -0.1) is 0 Å². The monoisotopic (exact) mass is 441 g/mol. The minimum absolute atomic E-state index is 0.0126. The van der Waals surface area contributed by atoms with Crippen LogP contribution in [0.1, 0.15) is 46.4 Å². The van der Waals surface area contributed by atoms with Crippen LogP contribution >= 0.6 is 0 Å². The van der Waals surface area contributed by atoms with Crippen molar-refractivity contribution in [3.8, 4) is 0 Å². The summed E-state index contributed by atoms with van der Waals surface area (Å²) in [6, 6.07) is 15.4. The fourth-order valence-corrected chi connectivity index (χ4v) is 5.70. The van der Waals surface area contributed by atoms with Crippen LogP contribution in [-0.4, -0.2) is 61.7 Å². The first-order chi connectivity index (χ1) is 14.9. The van der Waals surface area contributed by atoms with E-state index in [2.05, 4.69) is 5.32 Å². The highest BCUT2D eigenvalue weighted by Gasteiger charge is 2.29. The SMILES string of the molecule is O=C(NC1CCN(C(=O)c2cccc(S(=O)(=O)N3CCCC3)c2)CC1)c1ccccc1. The van der Waals surface area contributed by atoms with Gasteiger partial charge in [-0.25, -0.2) is 8.42 Å². The maximum absolute atomic E-state index is 13.0. The summed E-state index contributed by atoms with van der Waals surface area (Å²) in [7, 11) is -3.56. The number of hydrogen-bond acceptors (Lipinski definition) is 4. The van der Waals surface area contributed by atoms with Crippen molar-refractivity contribution in [1.29, 1.82) is 0 Å². The molecule has 2 aromatic carbocycles. The molecule has 7 nitrogen and oxygen atoms in total. The van der Waals surface area contributed by atoms with E-state index >= 15 is 0 Å². The van der Waals surface area contributed by atoms with Gasteiger partial charge in [-0.05, 0) is 56.0 Å². The Kier molecular flexibility index (Phi) is 6.38. The summed E-state index contributed by atoms with van der Waals surface area (Å²) in [4.78, 5) is 27.2. The summed E-state index contributed by atoms with van der Waals surface area (Å²) in [5.74, 6) is -0.281. The van der Waals surface area contributed by atoms with E-state index in [1.54, 1.807) is 35.2 Å². The molecule has 0 aliphatic carbocycles. The van der Waals surface area contributed by atoms with Crippen LogP contribution in [0, 0.1) is 0 Å². The molecule has 2 fully saturated rings. The van der Waals surface area contributed by atoms with Gasteiger partial charge in [-0.1, -0.05) is 24.3 Å². The zero-order valence-corrected chi connectivity index (χ0v) is 18.2. The minimum Gasteiger partial charge on any atom is -0.349 e. The molecule has 0 unspecified atom stereocenters. The molecule has 0 bridgehead atoms. The largest absolute Gasteiger partial charge is 0.349 e. The number of sulfonamides is 1. The van der Waals surface area contributed by atoms with E-state index in [1.807, 2.05) is 18.2 Å². The number of carbonyl (C=O) groups is 2. The highest BCUT2D eigenvalue weighted by molar-refractivity contribution is 7.89. The van der Waals surface area contributed by atoms with E-state index in [9.17, 15) is 18.0 Å². The molecule has 2 aliphatic rings. The van der Waals surface area contributed by atoms with Crippen molar-refractivity contribution >= 4 is 21.8 Å². The molecule has 0 atom stereocenters. The van der Waals surface area contributed by atoms with Gasteiger partial charge in [0.1, 0.15) is 0 Å². The summed E-state index contributed by atoms with van der Waals surface area (Å²) in [6.45, 7) is 2.09. The summed E-state index contributed by atoms with van der Waals surface area (Å²) < 4.78 is 27.1. The molecule has 164 valence electrons. The zero-order chi connectivity index (χ0) is 21.8. The van der Waals surface area contributed by atoms with E-state index < -0.39 is 10.0 Å². The van der Waals surface area contributed by atoms with Crippen LogP contribution < -0.4 is 5.32 Å². The summed E-state index contributed by atoms with van der Waals surface area (Å²) in [6.07, 6.45) is 3.06. The second-order valence-electron chi connectivity index (χ2n) is 8.04. The van der Waals surface area contributed by atoms with Gasteiger partial charge in [-0.3, -0.25) is 9.59 Å². The molecule has 0 spiro atoms. The van der Waals surface area contributed by atoms with Gasteiger partial charge in [-0.2, -0.15) is 4.31 Å². The third kappa shape index (κ3) is 4.80. The molecule has 2 aliphatic heterocycles. The molecular weight excluding hydrogens is 414 g/mol. The van der Waals surface area contributed by atoms with Crippen LogP contribution in [0.25, 0.3) is 0 Å². The molecule has 31 heavy (non-hydrogen) atoms. The molecule has 2 aromatic rings. The Morgan fingerprint density at radius 3 is 2.16 bits per heavy atom. The van der Waals surface area contributed by atoms with E-state index in [-0.39, 0.29) is 22.8 Å². The number of likely N-dealkylation sites (tertiary alicyclic amines) is 1. The Bertz CT molecular complexity index is 1040. The average molecular weight is 442 g/mol. The lowest BCUT2D eigenvalue weighted by Crippen LogP contribution is -2.46. The zero-order valence-electron chi connectivity index (χ0n) is 17.4. The number of piperidine rings is 1. The first-order valence-corrected chi connectivity index (χ1v) is 12.1. The lowest BCUT2D eigenvalue weighted by atomic mass is 10.0. The lowest BCUT2D eigenvalue weighted by Gasteiger charge is -2.32. The van der Waals surface area contributed by atoms with E-state index in [0.717, 1.165) is 12.8 Å². The van der Waals surface area contributed by atoms with E-state index in [1.165, 1.54) is 10.4 Å². The van der Waals surface area contributed by atoms with Gasteiger partial charge in [0.05, 0.1) is 4.90 Å². The maximum Gasteiger partial charge on any atom is 0.253 e. The third-order valence-electron chi connectivity index (χ3n) is 5.94. The first-order valence-electron chi connectivity index (χ1n) is 10.7. The van der Waals surface area contributed by atoms with Crippen molar-refractivity contribution in [2.45, 2.75) is 36.6 Å². The topological polar surface area (TPSA) is 86.8 Å². The van der Waals surface area contributed by atoms with Gasteiger partial charge in [0, 0.05) is 43.3 Å². The van der Waals surface area contributed by atoms with Gasteiger partial charge in [0.15, 0.2) is 0 Å². The number of nitrogens with zero attached hydrogens (tertiary/aromatic N) is 2. The number of nitrogens with one attached hydrogen (secondary N) is 1. The molecule has 2 amide bonds. The van der Waals surface area contributed by atoms with Crippen LogP contribution in [0.5, 0.6) is 0 Å². The number of hydrogen-bond donors (Lipinski definition) is 1. The van der Waals surface area contributed by atoms with Crippen molar-refractivity contribution in [3.05, 3.63) is 65.7 Å². The highest BCUT2D eigenvalue weighted by atomic mass is 32.2. The predicted octanol–water partition coefficient (Wildman–Crippen LogP) is 2.51. The second kappa shape index (κ2) is 9.20. The Labute approximate surface area is 183 Å². The van der Waals surface area contributed by atoms with E-state index in [0.29, 0.717) is 50.1 Å². The fourth-order valence-electron chi connectivity index (χ4n) is 4.13.